The molecule has 0 radical (unpaired) electrons. The van der Waals surface area contributed by atoms with E-state index in [-0.39, 0.29) is 30.6 Å². The summed E-state index contributed by atoms with van der Waals surface area (Å²) in [5, 5.41) is 0. The smallest absolute Gasteiger partial charge is 0.123 e. The van der Waals surface area contributed by atoms with Crippen molar-refractivity contribution in [3.05, 3.63) is 35.1 Å². The van der Waals surface area contributed by atoms with Gasteiger partial charge in [-0.15, -0.1) is 24.8 Å². The molecule has 2 rings (SSSR count). The van der Waals surface area contributed by atoms with Crippen molar-refractivity contribution in [2.45, 2.75) is 32.4 Å². The van der Waals surface area contributed by atoms with Crippen molar-refractivity contribution >= 4 is 24.8 Å². The predicted molar refractivity (Wildman–Crippen MR) is 78.1 cm³/mol. The van der Waals surface area contributed by atoms with E-state index in [9.17, 15) is 4.39 Å². The van der Waals surface area contributed by atoms with E-state index in [0.29, 0.717) is 6.04 Å². The number of rotatable bonds is 2. The van der Waals surface area contributed by atoms with Gasteiger partial charge in [-0.3, -0.25) is 4.90 Å². The molecule has 0 amide bonds. The van der Waals surface area contributed by atoms with Gasteiger partial charge in [0.05, 0.1) is 0 Å². The molecular weight excluding hydrogens is 274 g/mol. The zero-order valence-corrected chi connectivity index (χ0v) is 12.2. The molecule has 2 nitrogen and oxygen atoms in total. The van der Waals surface area contributed by atoms with Gasteiger partial charge >= 0.3 is 0 Å². The van der Waals surface area contributed by atoms with Gasteiger partial charge in [0.25, 0.3) is 0 Å². The number of nitrogens with two attached hydrogens (primary N) is 1. The Bertz CT molecular complexity index is 366. The minimum atomic E-state index is -0.151. The Hall–Kier alpha value is -0.350. The molecule has 1 aromatic rings. The molecule has 5 heteroatoms. The summed E-state index contributed by atoms with van der Waals surface area (Å²) in [7, 11) is 0. The van der Waals surface area contributed by atoms with Gasteiger partial charge in [0.1, 0.15) is 5.82 Å². The summed E-state index contributed by atoms with van der Waals surface area (Å²) in [6.07, 6.45) is 2.14. The molecule has 0 unspecified atom stereocenters. The number of aryl methyl sites for hydroxylation is 1. The third-order valence-corrected chi connectivity index (χ3v) is 3.33. The van der Waals surface area contributed by atoms with Crippen LogP contribution in [0.25, 0.3) is 0 Å². The van der Waals surface area contributed by atoms with Crippen molar-refractivity contribution in [1.29, 1.82) is 0 Å². The van der Waals surface area contributed by atoms with Gasteiger partial charge < -0.3 is 5.73 Å². The van der Waals surface area contributed by atoms with Crippen LogP contribution in [0, 0.1) is 12.7 Å². The molecule has 0 aliphatic carbocycles. The fourth-order valence-corrected chi connectivity index (χ4v) is 2.19. The Morgan fingerprint density at radius 3 is 2.44 bits per heavy atom. The summed E-state index contributed by atoms with van der Waals surface area (Å²) in [6, 6.07) is 5.40. The molecule has 0 saturated carbocycles. The normalized spacial score (nSPS) is 16.8. The molecule has 1 aromatic carbocycles. The average molecular weight is 295 g/mol. The highest BCUT2D eigenvalue weighted by Crippen LogP contribution is 2.16. The van der Waals surface area contributed by atoms with Crippen LogP contribution in [-0.2, 0) is 6.54 Å². The Labute approximate surface area is 121 Å². The van der Waals surface area contributed by atoms with Gasteiger partial charge in [0.2, 0.25) is 0 Å². The minimum Gasteiger partial charge on any atom is -0.328 e. The fourth-order valence-electron chi connectivity index (χ4n) is 2.19. The zero-order valence-electron chi connectivity index (χ0n) is 10.6. The molecule has 1 fully saturated rings. The van der Waals surface area contributed by atoms with Crippen molar-refractivity contribution in [3.63, 3.8) is 0 Å². The van der Waals surface area contributed by atoms with E-state index in [1.165, 1.54) is 11.6 Å². The predicted octanol–water partition coefficient (Wildman–Crippen LogP) is 2.90. The maximum Gasteiger partial charge on any atom is 0.123 e. The van der Waals surface area contributed by atoms with E-state index in [2.05, 4.69) is 4.90 Å². The number of halogens is 3. The first-order chi connectivity index (χ1) is 7.65. The number of piperidine rings is 1. The Morgan fingerprint density at radius 2 is 1.89 bits per heavy atom. The lowest BCUT2D eigenvalue weighted by Gasteiger charge is -2.30. The summed E-state index contributed by atoms with van der Waals surface area (Å²) in [5.74, 6) is -0.151. The average Bonchev–Trinajstić information content (AvgIpc) is 2.25. The highest BCUT2D eigenvalue weighted by atomic mass is 35.5. The van der Waals surface area contributed by atoms with Crippen LogP contribution in [-0.4, -0.2) is 24.0 Å². The van der Waals surface area contributed by atoms with Crippen molar-refractivity contribution in [2.75, 3.05) is 13.1 Å². The Morgan fingerprint density at radius 1 is 1.28 bits per heavy atom. The molecule has 1 aliphatic rings. The molecule has 104 valence electrons. The van der Waals surface area contributed by atoms with E-state index < -0.39 is 0 Å². The lowest BCUT2D eigenvalue weighted by Crippen LogP contribution is -2.39. The lowest BCUT2D eigenvalue weighted by atomic mass is 10.0. The van der Waals surface area contributed by atoms with Crippen molar-refractivity contribution < 1.29 is 4.39 Å². The fraction of sp³-hybridized carbons (Fsp3) is 0.538. The van der Waals surface area contributed by atoms with Crippen LogP contribution in [0.3, 0.4) is 0 Å². The molecular formula is C13H21Cl2FN2. The van der Waals surface area contributed by atoms with E-state index in [0.717, 1.165) is 38.0 Å². The SMILES string of the molecule is Cc1cc(F)ccc1CN1CCC(N)CC1.Cl.Cl. The summed E-state index contributed by atoms with van der Waals surface area (Å²) >= 11 is 0. The monoisotopic (exact) mass is 294 g/mol. The topological polar surface area (TPSA) is 29.3 Å². The van der Waals surface area contributed by atoms with Gasteiger partial charge in [0.15, 0.2) is 0 Å². The second-order valence-electron chi connectivity index (χ2n) is 4.68. The molecule has 1 aliphatic heterocycles. The number of hydrogen-bond acceptors (Lipinski definition) is 2. The molecule has 0 spiro atoms. The maximum atomic E-state index is 12.9. The van der Waals surface area contributed by atoms with Crippen LogP contribution in [0.4, 0.5) is 4.39 Å². The molecule has 1 saturated heterocycles. The highest BCUT2D eigenvalue weighted by Gasteiger charge is 2.16. The molecule has 18 heavy (non-hydrogen) atoms. The summed E-state index contributed by atoms with van der Waals surface area (Å²) in [6.45, 7) is 4.99. The highest BCUT2D eigenvalue weighted by molar-refractivity contribution is 5.85. The van der Waals surface area contributed by atoms with Crippen LogP contribution in [0.15, 0.2) is 18.2 Å². The van der Waals surface area contributed by atoms with Gasteiger partial charge in [0, 0.05) is 12.6 Å². The molecule has 0 atom stereocenters. The second-order valence-corrected chi connectivity index (χ2v) is 4.68. The largest absolute Gasteiger partial charge is 0.328 e. The number of hydrogen-bond donors (Lipinski definition) is 1. The Balaban J connectivity index is 0.00000144. The van der Waals surface area contributed by atoms with Crippen LogP contribution >= 0.6 is 24.8 Å². The maximum absolute atomic E-state index is 12.9. The first-order valence-electron chi connectivity index (χ1n) is 5.88. The summed E-state index contributed by atoms with van der Waals surface area (Å²) in [5.41, 5.74) is 8.12. The van der Waals surface area contributed by atoms with Crippen LogP contribution in [0.1, 0.15) is 24.0 Å². The van der Waals surface area contributed by atoms with E-state index >= 15 is 0 Å². The van der Waals surface area contributed by atoms with Crippen LogP contribution < -0.4 is 5.73 Å². The minimum absolute atomic E-state index is 0. The van der Waals surface area contributed by atoms with Gasteiger partial charge in [-0.1, -0.05) is 6.07 Å². The summed E-state index contributed by atoms with van der Waals surface area (Å²) < 4.78 is 12.9. The van der Waals surface area contributed by atoms with E-state index in [1.807, 2.05) is 13.0 Å². The number of likely N-dealkylation sites (tertiary alicyclic amines) is 1. The standard InChI is InChI=1S/C13H19FN2.2ClH/c1-10-8-12(14)3-2-11(10)9-16-6-4-13(15)5-7-16;;/h2-3,8,13H,4-7,9,15H2,1H3;2*1H. The van der Waals surface area contributed by atoms with E-state index in [1.54, 1.807) is 6.07 Å². The molecule has 2 N–H and O–H groups in total. The Kier molecular flexibility index (Phi) is 7.79. The number of nitrogens with zero attached hydrogens (tertiary/aromatic N) is 1. The van der Waals surface area contributed by atoms with Crippen LogP contribution in [0.5, 0.6) is 0 Å². The van der Waals surface area contributed by atoms with Crippen molar-refractivity contribution in [1.82, 2.24) is 4.90 Å². The molecule has 0 bridgehead atoms. The third-order valence-electron chi connectivity index (χ3n) is 3.33. The quantitative estimate of drug-likeness (QED) is 0.909. The van der Waals surface area contributed by atoms with E-state index in [4.69, 9.17) is 5.73 Å². The molecule has 1 heterocycles. The molecule has 0 aromatic heterocycles. The lowest BCUT2D eigenvalue weighted by molar-refractivity contribution is 0.205. The zero-order chi connectivity index (χ0) is 11.5. The van der Waals surface area contributed by atoms with Crippen molar-refractivity contribution in [3.8, 4) is 0 Å². The van der Waals surface area contributed by atoms with Crippen LogP contribution in [0.2, 0.25) is 0 Å². The van der Waals surface area contributed by atoms with Crippen molar-refractivity contribution in [2.24, 2.45) is 5.73 Å². The second kappa shape index (κ2) is 7.95. The summed E-state index contributed by atoms with van der Waals surface area (Å²) in [4.78, 5) is 2.39. The van der Waals surface area contributed by atoms with Gasteiger partial charge in [-0.2, -0.15) is 0 Å². The van der Waals surface area contributed by atoms with Gasteiger partial charge in [-0.25, -0.2) is 4.39 Å². The first-order valence-corrected chi connectivity index (χ1v) is 5.88. The number of benzene rings is 1. The first kappa shape index (κ1) is 17.6. The van der Waals surface area contributed by atoms with Gasteiger partial charge in [-0.05, 0) is 56.1 Å². The third kappa shape index (κ3) is 4.73.